The Morgan fingerprint density at radius 1 is 1.00 bits per heavy atom. The number of para-hydroxylation sites is 1. The Morgan fingerprint density at radius 3 is 2.48 bits per heavy atom. The first-order valence-electron chi connectivity index (χ1n) is 8.72. The molecule has 1 heterocycles. The van der Waals surface area contributed by atoms with Crippen LogP contribution in [-0.2, 0) is 22.7 Å². The number of rotatable bonds is 6. The van der Waals surface area contributed by atoms with E-state index < -0.39 is 11.8 Å². The van der Waals surface area contributed by atoms with Gasteiger partial charge in [-0.2, -0.15) is 0 Å². The molecule has 2 N–H and O–H groups in total. The highest BCUT2D eigenvalue weighted by atomic mass is 16.7. The van der Waals surface area contributed by atoms with Crippen molar-refractivity contribution < 1.29 is 23.8 Å². The predicted molar refractivity (Wildman–Crippen MR) is 98.5 cm³/mol. The van der Waals surface area contributed by atoms with Gasteiger partial charge >= 0.3 is 11.8 Å². The standard InChI is InChI=1S/C20H22N2O5/c1-13(2)27-16-6-4-3-5-15(16)11-22-20(24)19(23)21-10-14-7-8-17-18(9-14)26-12-25-17/h3-9,13H,10-12H2,1-2H3,(H,21,23)(H,22,24). The second-order valence-corrected chi connectivity index (χ2v) is 6.33. The third kappa shape index (κ3) is 4.91. The number of hydrogen-bond donors (Lipinski definition) is 2. The summed E-state index contributed by atoms with van der Waals surface area (Å²) in [4.78, 5) is 24.1. The lowest BCUT2D eigenvalue weighted by atomic mass is 10.2. The van der Waals surface area contributed by atoms with E-state index in [0.717, 1.165) is 11.1 Å². The Hall–Kier alpha value is -3.22. The maximum Gasteiger partial charge on any atom is 0.309 e. The Bertz CT molecular complexity index is 835. The lowest BCUT2D eigenvalue weighted by molar-refractivity contribution is -0.139. The van der Waals surface area contributed by atoms with Crippen LogP contribution in [0.3, 0.4) is 0 Å². The van der Waals surface area contributed by atoms with Crippen molar-refractivity contribution in [2.45, 2.75) is 33.0 Å². The quantitative estimate of drug-likeness (QED) is 0.761. The molecule has 0 saturated carbocycles. The van der Waals surface area contributed by atoms with E-state index in [9.17, 15) is 9.59 Å². The van der Waals surface area contributed by atoms with Gasteiger partial charge in [0.25, 0.3) is 0 Å². The van der Waals surface area contributed by atoms with Crippen LogP contribution in [0.4, 0.5) is 0 Å². The summed E-state index contributed by atoms with van der Waals surface area (Å²) in [5, 5.41) is 5.21. The van der Waals surface area contributed by atoms with Crippen molar-refractivity contribution >= 4 is 11.8 Å². The van der Waals surface area contributed by atoms with E-state index in [-0.39, 0.29) is 26.0 Å². The van der Waals surface area contributed by atoms with Crippen molar-refractivity contribution in [3.05, 3.63) is 53.6 Å². The molecule has 142 valence electrons. The number of amides is 2. The molecule has 1 aliphatic heterocycles. The summed E-state index contributed by atoms with van der Waals surface area (Å²) in [6.07, 6.45) is 0.0202. The van der Waals surface area contributed by atoms with Gasteiger partial charge in [-0.15, -0.1) is 0 Å². The van der Waals surface area contributed by atoms with Gasteiger partial charge in [0, 0.05) is 18.7 Å². The number of benzene rings is 2. The second kappa shape index (κ2) is 8.44. The molecule has 0 radical (unpaired) electrons. The normalized spacial score (nSPS) is 12.0. The summed E-state index contributed by atoms with van der Waals surface area (Å²) >= 11 is 0. The zero-order chi connectivity index (χ0) is 19.2. The van der Waals surface area contributed by atoms with Gasteiger partial charge in [-0.1, -0.05) is 24.3 Å². The first-order valence-corrected chi connectivity index (χ1v) is 8.72. The van der Waals surface area contributed by atoms with Crippen LogP contribution in [0.2, 0.25) is 0 Å². The van der Waals surface area contributed by atoms with Crippen LogP contribution in [0.15, 0.2) is 42.5 Å². The lowest BCUT2D eigenvalue weighted by Crippen LogP contribution is -2.39. The molecule has 0 fully saturated rings. The van der Waals surface area contributed by atoms with Crippen molar-refractivity contribution in [1.82, 2.24) is 10.6 Å². The lowest BCUT2D eigenvalue weighted by Gasteiger charge is -2.14. The first-order chi connectivity index (χ1) is 13.0. The number of nitrogens with one attached hydrogen (secondary N) is 2. The van der Waals surface area contributed by atoms with E-state index in [1.807, 2.05) is 44.2 Å². The highest BCUT2D eigenvalue weighted by Crippen LogP contribution is 2.32. The monoisotopic (exact) mass is 370 g/mol. The molecule has 0 aliphatic carbocycles. The largest absolute Gasteiger partial charge is 0.491 e. The van der Waals surface area contributed by atoms with Gasteiger partial charge < -0.3 is 24.8 Å². The van der Waals surface area contributed by atoms with Crippen molar-refractivity contribution in [2.24, 2.45) is 0 Å². The molecule has 1 aliphatic rings. The average Bonchev–Trinajstić information content (AvgIpc) is 3.12. The maximum atomic E-state index is 12.0. The maximum absolute atomic E-state index is 12.0. The van der Waals surface area contributed by atoms with Crippen LogP contribution in [0.1, 0.15) is 25.0 Å². The Kier molecular flexibility index (Phi) is 5.80. The number of carbonyl (C=O) groups is 2. The van der Waals surface area contributed by atoms with Crippen LogP contribution in [0.25, 0.3) is 0 Å². The molecule has 2 aromatic rings. The summed E-state index contributed by atoms with van der Waals surface area (Å²) in [6.45, 7) is 4.47. The van der Waals surface area contributed by atoms with Gasteiger partial charge in [-0.25, -0.2) is 0 Å². The molecule has 0 saturated heterocycles. The summed E-state index contributed by atoms with van der Waals surface area (Å²) in [5.74, 6) is 0.594. The Labute approximate surface area is 157 Å². The van der Waals surface area contributed by atoms with Crippen molar-refractivity contribution in [3.8, 4) is 17.2 Å². The fourth-order valence-electron chi connectivity index (χ4n) is 2.59. The van der Waals surface area contributed by atoms with Crippen molar-refractivity contribution in [2.75, 3.05) is 6.79 Å². The van der Waals surface area contributed by atoms with Gasteiger partial charge in [0.1, 0.15) is 5.75 Å². The highest BCUT2D eigenvalue weighted by molar-refractivity contribution is 6.35. The van der Waals surface area contributed by atoms with E-state index >= 15 is 0 Å². The second-order valence-electron chi connectivity index (χ2n) is 6.33. The topological polar surface area (TPSA) is 85.9 Å². The fraction of sp³-hybridized carbons (Fsp3) is 0.300. The number of fused-ring (bicyclic) bond motifs is 1. The van der Waals surface area contributed by atoms with Gasteiger partial charge in [-0.3, -0.25) is 9.59 Å². The van der Waals surface area contributed by atoms with E-state index in [1.165, 1.54) is 0 Å². The van der Waals surface area contributed by atoms with Crippen molar-refractivity contribution in [3.63, 3.8) is 0 Å². The summed E-state index contributed by atoms with van der Waals surface area (Å²) in [6, 6.07) is 12.8. The molecular weight excluding hydrogens is 348 g/mol. The third-order valence-corrected chi connectivity index (χ3v) is 3.87. The van der Waals surface area contributed by atoms with Gasteiger partial charge in [0.05, 0.1) is 6.10 Å². The zero-order valence-corrected chi connectivity index (χ0v) is 15.3. The summed E-state index contributed by atoms with van der Waals surface area (Å²) < 4.78 is 16.2. The fourth-order valence-corrected chi connectivity index (χ4v) is 2.59. The molecule has 7 heteroatoms. The van der Waals surface area contributed by atoms with Gasteiger partial charge in [0.15, 0.2) is 11.5 Å². The van der Waals surface area contributed by atoms with Crippen LogP contribution in [0, 0.1) is 0 Å². The molecule has 0 unspecified atom stereocenters. The molecule has 0 aromatic heterocycles. The minimum absolute atomic E-state index is 0.0202. The molecule has 27 heavy (non-hydrogen) atoms. The predicted octanol–water partition coefficient (Wildman–Crippen LogP) is 2.14. The SMILES string of the molecule is CC(C)Oc1ccccc1CNC(=O)C(=O)NCc1ccc2c(c1)OCO2. The Morgan fingerprint density at radius 2 is 1.70 bits per heavy atom. The first kappa shape index (κ1) is 18.6. The van der Waals surface area contributed by atoms with Crippen LogP contribution >= 0.6 is 0 Å². The minimum Gasteiger partial charge on any atom is -0.491 e. The smallest absolute Gasteiger partial charge is 0.309 e. The highest BCUT2D eigenvalue weighted by Gasteiger charge is 2.16. The van der Waals surface area contributed by atoms with E-state index in [2.05, 4.69) is 10.6 Å². The van der Waals surface area contributed by atoms with Crippen molar-refractivity contribution in [1.29, 1.82) is 0 Å². The number of carbonyl (C=O) groups excluding carboxylic acids is 2. The minimum atomic E-state index is -0.699. The molecule has 2 aromatic carbocycles. The zero-order valence-electron chi connectivity index (χ0n) is 15.3. The molecule has 2 amide bonds. The summed E-state index contributed by atoms with van der Waals surface area (Å²) in [5.41, 5.74) is 1.62. The number of hydrogen-bond acceptors (Lipinski definition) is 5. The molecule has 0 bridgehead atoms. The molecular formula is C20H22N2O5. The van der Waals surface area contributed by atoms with Gasteiger partial charge in [-0.05, 0) is 37.6 Å². The molecule has 3 rings (SSSR count). The molecule has 0 atom stereocenters. The van der Waals surface area contributed by atoms with E-state index in [4.69, 9.17) is 14.2 Å². The number of ether oxygens (including phenoxy) is 3. The van der Waals surface area contributed by atoms with Crippen LogP contribution in [-0.4, -0.2) is 24.7 Å². The van der Waals surface area contributed by atoms with E-state index in [1.54, 1.807) is 12.1 Å². The van der Waals surface area contributed by atoms with Crippen LogP contribution < -0.4 is 24.8 Å². The third-order valence-electron chi connectivity index (χ3n) is 3.87. The van der Waals surface area contributed by atoms with Gasteiger partial charge in [0.2, 0.25) is 6.79 Å². The molecule has 7 nitrogen and oxygen atoms in total. The average molecular weight is 370 g/mol. The van der Waals surface area contributed by atoms with E-state index in [0.29, 0.717) is 17.2 Å². The summed E-state index contributed by atoms with van der Waals surface area (Å²) in [7, 11) is 0. The Balaban J connectivity index is 1.50. The van der Waals surface area contributed by atoms with Crippen LogP contribution in [0.5, 0.6) is 17.2 Å². The molecule has 0 spiro atoms.